The van der Waals surface area contributed by atoms with Crippen molar-refractivity contribution >= 4 is 21.4 Å². The number of hydrogen-bond acceptors (Lipinski definition) is 5. The molecular formula is C21H21N5O2S. The van der Waals surface area contributed by atoms with Crippen molar-refractivity contribution in [1.29, 1.82) is 0 Å². The van der Waals surface area contributed by atoms with E-state index in [0.717, 1.165) is 16.8 Å². The molecule has 0 bridgehead atoms. The third kappa shape index (κ3) is 3.97. The Morgan fingerprint density at radius 2 is 1.59 bits per heavy atom. The van der Waals surface area contributed by atoms with Crippen LogP contribution >= 0.6 is 0 Å². The van der Waals surface area contributed by atoms with Crippen LogP contribution < -0.4 is 4.72 Å². The predicted octanol–water partition coefficient (Wildman–Crippen LogP) is 3.89. The molecule has 7 nitrogen and oxygen atoms in total. The van der Waals surface area contributed by atoms with E-state index >= 15 is 0 Å². The SMILES string of the molecule is CC(C)(C)c1ccc(S(=O)(=O)Nc2ccc(-c3ccc4nncn4n3)cc2)cc1. The van der Waals surface area contributed by atoms with Gasteiger partial charge < -0.3 is 0 Å². The lowest BCUT2D eigenvalue weighted by Crippen LogP contribution is -2.14. The van der Waals surface area contributed by atoms with E-state index in [0.29, 0.717) is 11.3 Å². The summed E-state index contributed by atoms with van der Waals surface area (Å²) in [5.74, 6) is 0. The van der Waals surface area contributed by atoms with E-state index in [1.807, 2.05) is 36.4 Å². The molecule has 0 aliphatic heterocycles. The number of nitrogens with zero attached hydrogens (tertiary/aromatic N) is 4. The fourth-order valence-corrected chi connectivity index (χ4v) is 4.00. The predicted molar refractivity (Wildman–Crippen MR) is 112 cm³/mol. The molecule has 0 aliphatic rings. The molecule has 0 radical (unpaired) electrons. The normalized spacial score (nSPS) is 12.2. The zero-order valence-corrected chi connectivity index (χ0v) is 17.2. The standard InChI is InChI=1S/C21H21N5O2S/c1-21(2,3)16-6-10-18(11-7-16)29(27,28)25-17-8-4-15(5-9-17)19-12-13-20-23-22-14-26(20)24-19/h4-14,25H,1-3H3. The van der Waals surface area contributed by atoms with Gasteiger partial charge in [0.1, 0.15) is 6.33 Å². The number of hydrogen-bond donors (Lipinski definition) is 1. The van der Waals surface area contributed by atoms with Gasteiger partial charge in [-0.05, 0) is 47.4 Å². The summed E-state index contributed by atoms with van der Waals surface area (Å²) < 4.78 is 29.6. The van der Waals surface area contributed by atoms with Gasteiger partial charge in [0.2, 0.25) is 0 Å². The summed E-state index contributed by atoms with van der Waals surface area (Å²) in [4.78, 5) is 0.231. The van der Waals surface area contributed by atoms with Crippen molar-refractivity contribution < 1.29 is 8.42 Å². The molecule has 0 unspecified atom stereocenters. The van der Waals surface area contributed by atoms with Crippen LogP contribution in [0.15, 0.2) is 71.9 Å². The average molecular weight is 407 g/mol. The minimum Gasteiger partial charge on any atom is -0.280 e. The Hall–Kier alpha value is -3.26. The molecule has 0 saturated heterocycles. The van der Waals surface area contributed by atoms with Gasteiger partial charge in [-0.1, -0.05) is 45.0 Å². The van der Waals surface area contributed by atoms with Gasteiger partial charge in [-0.3, -0.25) is 4.72 Å². The smallest absolute Gasteiger partial charge is 0.261 e. The number of anilines is 1. The molecule has 0 aliphatic carbocycles. The van der Waals surface area contributed by atoms with Gasteiger partial charge in [0.25, 0.3) is 10.0 Å². The third-order valence-corrected chi connectivity index (χ3v) is 6.02. The Morgan fingerprint density at radius 1 is 0.897 bits per heavy atom. The molecule has 8 heteroatoms. The van der Waals surface area contributed by atoms with Crippen molar-refractivity contribution in [3.8, 4) is 11.3 Å². The monoisotopic (exact) mass is 407 g/mol. The second-order valence-corrected chi connectivity index (χ2v) is 9.49. The maximum Gasteiger partial charge on any atom is 0.261 e. The Labute approximate surface area is 169 Å². The van der Waals surface area contributed by atoms with Crippen LogP contribution in [0.1, 0.15) is 26.3 Å². The van der Waals surface area contributed by atoms with Crippen LogP contribution in [-0.2, 0) is 15.4 Å². The molecule has 2 aromatic heterocycles. The third-order valence-electron chi connectivity index (χ3n) is 4.63. The van der Waals surface area contributed by atoms with Gasteiger partial charge in [-0.25, -0.2) is 8.42 Å². The number of rotatable bonds is 4. The highest BCUT2D eigenvalue weighted by Gasteiger charge is 2.17. The summed E-state index contributed by atoms with van der Waals surface area (Å²) in [5.41, 5.74) is 3.80. The van der Waals surface area contributed by atoms with Crippen LogP contribution in [0.5, 0.6) is 0 Å². The highest BCUT2D eigenvalue weighted by Crippen LogP contribution is 2.25. The quantitative estimate of drug-likeness (QED) is 0.554. The Bertz CT molecular complexity index is 1260. The van der Waals surface area contributed by atoms with Crippen LogP contribution in [0, 0.1) is 0 Å². The number of sulfonamides is 1. The molecule has 29 heavy (non-hydrogen) atoms. The van der Waals surface area contributed by atoms with E-state index in [1.54, 1.807) is 28.8 Å². The van der Waals surface area contributed by atoms with Gasteiger partial charge in [0.15, 0.2) is 5.65 Å². The van der Waals surface area contributed by atoms with Crippen LogP contribution in [0.2, 0.25) is 0 Å². The first-order chi connectivity index (χ1) is 13.7. The van der Waals surface area contributed by atoms with E-state index in [9.17, 15) is 8.42 Å². The highest BCUT2D eigenvalue weighted by molar-refractivity contribution is 7.92. The largest absolute Gasteiger partial charge is 0.280 e. The molecule has 0 saturated carbocycles. The first-order valence-corrected chi connectivity index (χ1v) is 10.6. The van der Waals surface area contributed by atoms with E-state index in [4.69, 9.17) is 0 Å². The number of aromatic nitrogens is 4. The molecular weight excluding hydrogens is 386 g/mol. The fraction of sp³-hybridized carbons (Fsp3) is 0.190. The number of benzene rings is 2. The maximum atomic E-state index is 12.7. The van der Waals surface area contributed by atoms with Gasteiger partial charge >= 0.3 is 0 Å². The maximum absolute atomic E-state index is 12.7. The summed E-state index contributed by atoms with van der Waals surface area (Å²) in [5, 5.41) is 12.2. The minimum atomic E-state index is -3.66. The van der Waals surface area contributed by atoms with Crippen molar-refractivity contribution in [1.82, 2.24) is 19.8 Å². The highest BCUT2D eigenvalue weighted by atomic mass is 32.2. The van der Waals surface area contributed by atoms with Gasteiger partial charge in [0.05, 0.1) is 10.6 Å². The van der Waals surface area contributed by atoms with Crippen LogP contribution in [0.3, 0.4) is 0 Å². The van der Waals surface area contributed by atoms with Gasteiger partial charge in [-0.2, -0.15) is 9.61 Å². The Kier molecular flexibility index (Phi) is 4.58. The molecule has 0 atom stereocenters. The van der Waals surface area contributed by atoms with Crippen LogP contribution in [-0.4, -0.2) is 28.2 Å². The van der Waals surface area contributed by atoms with E-state index in [2.05, 4.69) is 40.8 Å². The van der Waals surface area contributed by atoms with E-state index < -0.39 is 10.0 Å². The van der Waals surface area contributed by atoms with Crippen molar-refractivity contribution in [2.75, 3.05) is 4.72 Å². The summed E-state index contributed by atoms with van der Waals surface area (Å²) in [6.07, 6.45) is 1.53. The molecule has 4 rings (SSSR count). The van der Waals surface area contributed by atoms with Gasteiger partial charge in [-0.15, -0.1) is 10.2 Å². The lowest BCUT2D eigenvalue weighted by molar-refractivity contribution is 0.587. The first-order valence-electron chi connectivity index (χ1n) is 9.13. The summed E-state index contributed by atoms with van der Waals surface area (Å²) in [6.45, 7) is 6.27. The summed E-state index contributed by atoms with van der Waals surface area (Å²) in [6, 6.07) is 17.7. The van der Waals surface area contributed by atoms with Crippen LogP contribution in [0.4, 0.5) is 5.69 Å². The van der Waals surface area contributed by atoms with E-state index in [1.165, 1.54) is 6.33 Å². The lowest BCUT2D eigenvalue weighted by Gasteiger charge is -2.19. The average Bonchev–Trinajstić information content (AvgIpc) is 3.15. The molecule has 1 N–H and O–H groups in total. The zero-order valence-electron chi connectivity index (χ0n) is 16.4. The van der Waals surface area contributed by atoms with E-state index in [-0.39, 0.29) is 10.3 Å². The van der Waals surface area contributed by atoms with Crippen molar-refractivity contribution in [2.45, 2.75) is 31.1 Å². The van der Waals surface area contributed by atoms with Crippen LogP contribution in [0.25, 0.3) is 16.9 Å². The lowest BCUT2D eigenvalue weighted by atomic mass is 9.87. The van der Waals surface area contributed by atoms with Crippen molar-refractivity contribution in [3.63, 3.8) is 0 Å². The molecule has 2 aromatic carbocycles. The first kappa shape index (κ1) is 19.1. The zero-order chi connectivity index (χ0) is 20.6. The molecule has 0 fully saturated rings. The molecule has 148 valence electrons. The van der Waals surface area contributed by atoms with Crippen molar-refractivity contribution in [2.24, 2.45) is 0 Å². The minimum absolute atomic E-state index is 0.0324. The summed E-state index contributed by atoms with van der Waals surface area (Å²) in [7, 11) is -3.66. The second-order valence-electron chi connectivity index (χ2n) is 7.81. The Morgan fingerprint density at radius 3 is 2.24 bits per heavy atom. The number of nitrogens with one attached hydrogen (secondary N) is 1. The second kappa shape index (κ2) is 6.97. The van der Waals surface area contributed by atoms with Crippen molar-refractivity contribution in [3.05, 3.63) is 72.6 Å². The summed E-state index contributed by atoms with van der Waals surface area (Å²) >= 11 is 0. The Balaban J connectivity index is 1.54. The topological polar surface area (TPSA) is 89.2 Å². The van der Waals surface area contributed by atoms with Gasteiger partial charge in [0, 0.05) is 11.3 Å². The fourth-order valence-electron chi connectivity index (χ4n) is 2.94. The molecule has 2 heterocycles. The molecule has 4 aromatic rings. The number of fused-ring (bicyclic) bond motifs is 1. The molecule has 0 spiro atoms. The molecule has 0 amide bonds.